The number of fused-ring (bicyclic) bond motifs is 1. The Morgan fingerprint density at radius 2 is 1.68 bits per heavy atom. The smallest absolute Gasteiger partial charge is 0.163 e. The van der Waals surface area contributed by atoms with Crippen LogP contribution in [0.2, 0.25) is 5.02 Å². The van der Waals surface area contributed by atoms with E-state index in [1.165, 1.54) is 6.33 Å². The van der Waals surface area contributed by atoms with E-state index >= 15 is 0 Å². The molecular weight excluding hydrogens is 416 g/mol. The van der Waals surface area contributed by atoms with E-state index in [4.69, 9.17) is 26.8 Å². The Balaban J connectivity index is 1.30. The first kappa shape index (κ1) is 19.6. The first-order valence-electron chi connectivity index (χ1n) is 10.2. The lowest BCUT2D eigenvalue weighted by molar-refractivity contribution is 0.171. The molecule has 9 heteroatoms. The Morgan fingerprint density at radius 3 is 2.48 bits per heavy atom. The molecule has 3 heterocycles. The summed E-state index contributed by atoms with van der Waals surface area (Å²) in [5.74, 6) is 2.76. The number of nitrogens with zero attached hydrogens (tertiary/aromatic N) is 4. The van der Waals surface area contributed by atoms with Gasteiger partial charge in [0.2, 0.25) is 0 Å². The van der Waals surface area contributed by atoms with Crippen LogP contribution in [0.25, 0.3) is 0 Å². The van der Waals surface area contributed by atoms with Gasteiger partial charge in [0.25, 0.3) is 0 Å². The van der Waals surface area contributed by atoms with Gasteiger partial charge in [0.15, 0.2) is 23.1 Å². The molecule has 8 nitrogen and oxygen atoms in total. The molecule has 0 atom stereocenters. The monoisotopic (exact) mass is 438 g/mol. The standard InChI is InChI=1S/C22H23ClN6O2/c23-15-2-1-3-17(12-15)28-6-8-29(9-7-28)22-20(24)21(25-14-26-22)27-16-4-5-18-19(13-16)31-11-10-30-18/h1-5,12-14H,6-11,24H2,(H,25,26,27). The van der Waals surface area contributed by atoms with Crippen LogP contribution in [0.4, 0.5) is 28.7 Å². The minimum absolute atomic E-state index is 0.522. The molecule has 3 N–H and O–H groups in total. The normalized spacial score (nSPS) is 15.6. The quantitative estimate of drug-likeness (QED) is 0.639. The highest BCUT2D eigenvalue weighted by Crippen LogP contribution is 2.35. The van der Waals surface area contributed by atoms with E-state index in [0.29, 0.717) is 30.5 Å². The van der Waals surface area contributed by atoms with Crippen LogP contribution >= 0.6 is 11.6 Å². The molecule has 160 valence electrons. The molecule has 1 saturated heterocycles. The maximum Gasteiger partial charge on any atom is 0.163 e. The minimum atomic E-state index is 0.522. The highest BCUT2D eigenvalue weighted by molar-refractivity contribution is 6.30. The lowest BCUT2D eigenvalue weighted by Gasteiger charge is -2.37. The third kappa shape index (κ3) is 4.11. The Labute approximate surface area is 185 Å². The number of piperazine rings is 1. The van der Waals surface area contributed by atoms with E-state index in [9.17, 15) is 0 Å². The number of benzene rings is 2. The average molecular weight is 439 g/mol. The van der Waals surface area contributed by atoms with Crippen LogP contribution in [0.15, 0.2) is 48.8 Å². The van der Waals surface area contributed by atoms with Gasteiger partial charge in [0.1, 0.15) is 25.2 Å². The lowest BCUT2D eigenvalue weighted by atomic mass is 10.2. The van der Waals surface area contributed by atoms with E-state index in [-0.39, 0.29) is 0 Å². The van der Waals surface area contributed by atoms with Crippen molar-refractivity contribution in [3.05, 3.63) is 53.8 Å². The van der Waals surface area contributed by atoms with E-state index in [1.807, 2.05) is 36.4 Å². The number of hydrogen-bond donors (Lipinski definition) is 2. The number of hydrogen-bond acceptors (Lipinski definition) is 8. The zero-order valence-electron chi connectivity index (χ0n) is 16.9. The van der Waals surface area contributed by atoms with Gasteiger partial charge in [-0.2, -0.15) is 0 Å². The van der Waals surface area contributed by atoms with E-state index in [0.717, 1.165) is 54.1 Å². The fourth-order valence-electron chi connectivity index (χ4n) is 3.84. The zero-order chi connectivity index (χ0) is 21.2. The maximum atomic E-state index is 6.45. The van der Waals surface area contributed by atoms with Gasteiger partial charge < -0.3 is 30.3 Å². The highest BCUT2D eigenvalue weighted by atomic mass is 35.5. The Bertz CT molecular complexity index is 1090. The van der Waals surface area contributed by atoms with Gasteiger partial charge >= 0.3 is 0 Å². The third-order valence-corrected chi connectivity index (χ3v) is 5.66. The number of ether oxygens (including phenoxy) is 2. The number of anilines is 5. The molecule has 1 fully saturated rings. The van der Waals surface area contributed by atoms with E-state index in [1.54, 1.807) is 0 Å². The van der Waals surface area contributed by atoms with Gasteiger partial charge in [-0.05, 0) is 30.3 Å². The van der Waals surface area contributed by atoms with Crippen LogP contribution in [-0.4, -0.2) is 49.4 Å². The second-order valence-corrected chi connectivity index (χ2v) is 7.83. The molecule has 0 bridgehead atoms. The molecule has 0 spiro atoms. The summed E-state index contributed by atoms with van der Waals surface area (Å²) in [6.07, 6.45) is 1.54. The van der Waals surface area contributed by atoms with Crippen molar-refractivity contribution in [1.29, 1.82) is 0 Å². The number of halogens is 1. The van der Waals surface area contributed by atoms with Crippen molar-refractivity contribution in [2.45, 2.75) is 0 Å². The van der Waals surface area contributed by atoms with Crippen LogP contribution < -0.4 is 30.3 Å². The van der Waals surface area contributed by atoms with Crippen molar-refractivity contribution in [3.8, 4) is 11.5 Å². The van der Waals surface area contributed by atoms with Crippen LogP contribution in [0.5, 0.6) is 11.5 Å². The van der Waals surface area contributed by atoms with Crippen molar-refractivity contribution < 1.29 is 9.47 Å². The minimum Gasteiger partial charge on any atom is -0.486 e. The van der Waals surface area contributed by atoms with Crippen molar-refractivity contribution in [3.63, 3.8) is 0 Å². The molecule has 0 unspecified atom stereocenters. The Morgan fingerprint density at radius 1 is 0.903 bits per heavy atom. The average Bonchev–Trinajstić information content (AvgIpc) is 2.80. The van der Waals surface area contributed by atoms with Crippen LogP contribution in [0.1, 0.15) is 0 Å². The Kier molecular flexibility index (Phi) is 5.30. The topological polar surface area (TPSA) is 88.8 Å². The van der Waals surface area contributed by atoms with Crippen LogP contribution in [-0.2, 0) is 0 Å². The third-order valence-electron chi connectivity index (χ3n) is 5.42. The second kappa shape index (κ2) is 8.39. The van der Waals surface area contributed by atoms with Gasteiger partial charge in [-0.25, -0.2) is 9.97 Å². The SMILES string of the molecule is Nc1c(Nc2ccc3c(c2)OCCO3)ncnc1N1CCN(c2cccc(Cl)c2)CC1. The molecule has 2 aliphatic rings. The van der Waals surface area contributed by atoms with Crippen molar-refractivity contribution >= 4 is 40.3 Å². The number of rotatable bonds is 4. The summed E-state index contributed by atoms with van der Waals surface area (Å²) in [4.78, 5) is 13.3. The fourth-order valence-corrected chi connectivity index (χ4v) is 4.03. The second-order valence-electron chi connectivity index (χ2n) is 7.40. The molecule has 0 amide bonds. The molecule has 2 aliphatic heterocycles. The summed E-state index contributed by atoms with van der Waals surface area (Å²) in [5.41, 5.74) is 8.92. The molecule has 5 rings (SSSR count). The van der Waals surface area contributed by atoms with Gasteiger partial charge in [-0.15, -0.1) is 0 Å². The highest BCUT2D eigenvalue weighted by Gasteiger charge is 2.22. The molecule has 0 radical (unpaired) electrons. The number of nitrogens with two attached hydrogens (primary N) is 1. The molecular formula is C22H23ClN6O2. The summed E-state index contributed by atoms with van der Waals surface area (Å²) in [7, 11) is 0. The Hall–Kier alpha value is -3.39. The number of aromatic nitrogens is 2. The molecule has 0 aliphatic carbocycles. The van der Waals surface area contributed by atoms with Crippen molar-refractivity contribution in [2.75, 3.05) is 60.2 Å². The maximum absolute atomic E-state index is 6.45. The lowest BCUT2D eigenvalue weighted by Crippen LogP contribution is -2.47. The largest absolute Gasteiger partial charge is 0.486 e. The van der Waals surface area contributed by atoms with Gasteiger partial charge in [-0.1, -0.05) is 17.7 Å². The zero-order valence-corrected chi connectivity index (χ0v) is 17.7. The predicted molar refractivity (Wildman–Crippen MR) is 123 cm³/mol. The van der Waals surface area contributed by atoms with Gasteiger partial charge in [0.05, 0.1) is 0 Å². The van der Waals surface area contributed by atoms with Gasteiger partial charge in [0, 0.05) is 48.6 Å². The summed E-state index contributed by atoms with van der Waals surface area (Å²) < 4.78 is 11.2. The van der Waals surface area contributed by atoms with E-state index < -0.39 is 0 Å². The van der Waals surface area contributed by atoms with E-state index in [2.05, 4.69) is 31.2 Å². The molecule has 0 saturated carbocycles. The first-order chi connectivity index (χ1) is 15.2. The molecule has 31 heavy (non-hydrogen) atoms. The van der Waals surface area contributed by atoms with Crippen LogP contribution in [0.3, 0.4) is 0 Å². The van der Waals surface area contributed by atoms with Crippen molar-refractivity contribution in [2.24, 2.45) is 0 Å². The number of nitrogens with one attached hydrogen (secondary N) is 1. The molecule has 1 aromatic heterocycles. The first-order valence-corrected chi connectivity index (χ1v) is 10.6. The summed E-state index contributed by atoms with van der Waals surface area (Å²) >= 11 is 6.14. The van der Waals surface area contributed by atoms with Gasteiger partial charge in [-0.3, -0.25) is 0 Å². The summed E-state index contributed by atoms with van der Waals surface area (Å²) in [6, 6.07) is 13.6. The van der Waals surface area contributed by atoms with Crippen LogP contribution in [0, 0.1) is 0 Å². The summed E-state index contributed by atoms with van der Waals surface area (Å²) in [5, 5.41) is 4.02. The van der Waals surface area contributed by atoms with Crippen molar-refractivity contribution in [1.82, 2.24) is 9.97 Å². The summed E-state index contributed by atoms with van der Waals surface area (Å²) in [6.45, 7) is 4.42. The predicted octanol–water partition coefficient (Wildman–Crippen LogP) is 3.55. The number of nitrogen functional groups attached to an aromatic ring is 1. The fraction of sp³-hybridized carbons (Fsp3) is 0.273. The molecule has 3 aromatic rings. The molecule has 2 aromatic carbocycles.